The first-order valence-electron chi connectivity index (χ1n) is 3.98. The molecule has 1 aromatic rings. The molecular weight excluding hydrogens is 188 g/mol. The topological polar surface area (TPSA) is 72.1 Å². The van der Waals surface area contributed by atoms with Crippen molar-refractivity contribution in [3.05, 3.63) is 11.1 Å². The predicted molar refractivity (Wildman–Crippen MR) is 50.5 cm³/mol. The molecule has 13 heavy (non-hydrogen) atoms. The first kappa shape index (κ1) is 10.1. The van der Waals surface area contributed by atoms with E-state index in [4.69, 9.17) is 5.73 Å². The van der Waals surface area contributed by atoms with Crippen LogP contribution in [0.3, 0.4) is 0 Å². The monoisotopic (exact) mass is 200 g/mol. The van der Waals surface area contributed by atoms with Gasteiger partial charge in [-0.15, -0.1) is 5.10 Å². The van der Waals surface area contributed by atoms with Crippen molar-refractivity contribution in [1.82, 2.24) is 14.5 Å². The highest BCUT2D eigenvalue weighted by molar-refractivity contribution is 7.07. The number of aromatic nitrogens is 2. The van der Waals surface area contributed by atoms with Crippen LogP contribution in [0.25, 0.3) is 0 Å². The molecule has 1 amide bonds. The second-order valence-corrected chi connectivity index (χ2v) is 3.44. The van der Waals surface area contributed by atoms with Gasteiger partial charge in [0.05, 0.1) is 6.20 Å². The third-order valence-corrected chi connectivity index (χ3v) is 2.27. The zero-order chi connectivity index (χ0) is 9.68. The number of hydrogen-bond donors (Lipinski definition) is 1. The maximum atomic E-state index is 11.5. The van der Waals surface area contributed by atoms with Crippen LogP contribution in [-0.4, -0.2) is 40.5 Å². The summed E-state index contributed by atoms with van der Waals surface area (Å²) in [5.41, 5.74) is 5.34. The van der Waals surface area contributed by atoms with Gasteiger partial charge in [-0.2, -0.15) is 0 Å². The smallest absolute Gasteiger partial charge is 0.266 e. The van der Waals surface area contributed by atoms with E-state index >= 15 is 0 Å². The zero-order valence-electron chi connectivity index (χ0n) is 7.43. The van der Waals surface area contributed by atoms with E-state index in [1.807, 2.05) is 0 Å². The normalized spacial score (nSPS) is 10.0. The standard InChI is InChI=1S/C7H12N4OS/c1-11(4-2-3-8)7(12)6-5-9-10-13-6/h5H,2-4,8H2,1H3. The van der Waals surface area contributed by atoms with Crippen molar-refractivity contribution >= 4 is 17.4 Å². The summed E-state index contributed by atoms with van der Waals surface area (Å²) in [7, 11) is 1.75. The molecule has 0 atom stereocenters. The van der Waals surface area contributed by atoms with Gasteiger partial charge in [0, 0.05) is 13.6 Å². The van der Waals surface area contributed by atoms with Gasteiger partial charge in [0.1, 0.15) is 4.88 Å². The summed E-state index contributed by atoms with van der Waals surface area (Å²) in [6, 6.07) is 0. The van der Waals surface area contributed by atoms with Crippen molar-refractivity contribution in [2.75, 3.05) is 20.1 Å². The summed E-state index contributed by atoms with van der Waals surface area (Å²) in [5, 5.41) is 3.60. The number of hydrogen-bond acceptors (Lipinski definition) is 5. The zero-order valence-corrected chi connectivity index (χ0v) is 8.25. The van der Waals surface area contributed by atoms with Crippen molar-refractivity contribution in [3.8, 4) is 0 Å². The van der Waals surface area contributed by atoms with Crippen molar-refractivity contribution < 1.29 is 4.79 Å². The van der Waals surface area contributed by atoms with E-state index < -0.39 is 0 Å². The summed E-state index contributed by atoms with van der Waals surface area (Å²) in [6.07, 6.45) is 2.29. The molecule has 5 nitrogen and oxygen atoms in total. The average Bonchev–Trinajstić information content (AvgIpc) is 2.65. The lowest BCUT2D eigenvalue weighted by molar-refractivity contribution is 0.0799. The number of rotatable bonds is 4. The Morgan fingerprint density at radius 2 is 2.54 bits per heavy atom. The molecule has 0 saturated heterocycles. The predicted octanol–water partition coefficient (Wildman–Crippen LogP) is -0.0411. The number of carbonyl (C=O) groups is 1. The van der Waals surface area contributed by atoms with Gasteiger partial charge >= 0.3 is 0 Å². The minimum Gasteiger partial charge on any atom is -0.341 e. The van der Waals surface area contributed by atoms with Crippen LogP contribution in [0.1, 0.15) is 16.1 Å². The Morgan fingerprint density at radius 3 is 3.08 bits per heavy atom. The molecule has 0 aliphatic heterocycles. The van der Waals surface area contributed by atoms with Crippen molar-refractivity contribution in [2.45, 2.75) is 6.42 Å². The molecule has 1 rings (SSSR count). The fourth-order valence-corrected chi connectivity index (χ4v) is 1.39. The summed E-state index contributed by atoms with van der Waals surface area (Å²) in [4.78, 5) is 13.7. The molecule has 0 unspecified atom stereocenters. The molecule has 0 saturated carbocycles. The van der Waals surface area contributed by atoms with Crippen LogP contribution < -0.4 is 5.73 Å². The van der Waals surface area contributed by atoms with Gasteiger partial charge in [0.25, 0.3) is 5.91 Å². The molecule has 0 fully saturated rings. The fourth-order valence-electron chi connectivity index (χ4n) is 0.880. The molecule has 0 spiro atoms. The largest absolute Gasteiger partial charge is 0.341 e. The molecule has 0 radical (unpaired) electrons. The van der Waals surface area contributed by atoms with Gasteiger partial charge in [-0.25, -0.2) is 0 Å². The van der Waals surface area contributed by atoms with Crippen LogP contribution in [0.2, 0.25) is 0 Å². The summed E-state index contributed by atoms with van der Waals surface area (Å²) < 4.78 is 3.63. The highest BCUT2D eigenvalue weighted by atomic mass is 32.1. The third kappa shape index (κ3) is 2.74. The van der Waals surface area contributed by atoms with Crippen LogP contribution in [-0.2, 0) is 0 Å². The summed E-state index contributed by atoms with van der Waals surface area (Å²) in [6.45, 7) is 1.27. The van der Waals surface area contributed by atoms with Crippen LogP contribution in [0.5, 0.6) is 0 Å². The summed E-state index contributed by atoms with van der Waals surface area (Å²) >= 11 is 1.11. The quantitative estimate of drug-likeness (QED) is 0.740. The van der Waals surface area contributed by atoms with E-state index in [0.717, 1.165) is 18.0 Å². The molecule has 6 heteroatoms. The number of amides is 1. The molecule has 0 aliphatic carbocycles. The SMILES string of the molecule is CN(CCCN)C(=O)c1cnns1. The van der Waals surface area contributed by atoms with Crippen LogP contribution in [0, 0.1) is 0 Å². The number of nitrogens with two attached hydrogens (primary N) is 1. The van der Waals surface area contributed by atoms with E-state index in [1.54, 1.807) is 11.9 Å². The Hall–Kier alpha value is -1.01. The maximum absolute atomic E-state index is 11.5. The lowest BCUT2D eigenvalue weighted by Gasteiger charge is -2.14. The van der Waals surface area contributed by atoms with Gasteiger partial charge in [-0.1, -0.05) is 4.49 Å². The van der Waals surface area contributed by atoms with E-state index in [1.165, 1.54) is 6.20 Å². The lowest BCUT2D eigenvalue weighted by atomic mass is 10.4. The Kier molecular flexibility index (Phi) is 3.78. The Morgan fingerprint density at radius 1 is 1.77 bits per heavy atom. The molecule has 2 N–H and O–H groups in total. The number of carbonyl (C=O) groups excluding carboxylic acids is 1. The fraction of sp³-hybridized carbons (Fsp3) is 0.571. The Labute approximate surface area is 80.7 Å². The molecule has 0 aliphatic rings. The molecule has 0 aromatic carbocycles. The van der Waals surface area contributed by atoms with E-state index in [9.17, 15) is 4.79 Å². The lowest BCUT2D eigenvalue weighted by Crippen LogP contribution is -2.28. The van der Waals surface area contributed by atoms with Crippen LogP contribution >= 0.6 is 11.5 Å². The van der Waals surface area contributed by atoms with E-state index in [0.29, 0.717) is 18.0 Å². The van der Waals surface area contributed by atoms with Gasteiger partial charge in [-0.3, -0.25) is 4.79 Å². The first-order chi connectivity index (χ1) is 6.25. The highest BCUT2D eigenvalue weighted by Gasteiger charge is 2.12. The molecule has 1 aromatic heterocycles. The molecule has 0 bridgehead atoms. The van der Waals surface area contributed by atoms with Gasteiger partial charge in [0.15, 0.2) is 0 Å². The van der Waals surface area contributed by atoms with Gasteiger partial charge in [0.2, 0.25) is 0 Å². The second-order valence-electron chi connectivity index (χ2n) is 2.65. The minimum absolute atomic E-state index is 0.0385. The molecule has 1 heterocycles. The van der Waals surface area contributed by atoms with Crippen LogP contribution in [0.15, 0.2) is 6.20 Å². The Balaban J connectivity index is 2.48. The minimum atomic E-state index is -0.0385. The molecular formula is C7H12N4OS. The van der Waals surface area contributed by atoms with E-state index in [2.05, 4.69) is 9.59 Å². The number of nitrogens with zero attached hydrogens (tertiary/aromatic N) is 3. The van der Waals surface area contributed by atoms with Crippen molar-refractivity contribution in [2.24, 2.45) is 5.73 Å². The highest BCUT2D eigenvalue weighted by Crippen LogP contribution is 2.05. The Bertz CT molecular complexity index is 261. The van der Waals surface area contributed by atoms with Crippen LogP contribution in [0.4, 0.5) is 0 Å². The van der Waals surface area contributed by atoms with E-state index in [-0.39, 0.29) is 5.91 Å². The van der Waals surface area contributed by atoms with Crippen molar-refractivity contribution in [3.63, 3.8) is 0 Å². The second kappa shape index (κ2) is 4.88. The van der Waals surface area contributed by atoms with Gasteiger partial charge < -0.3 is 10.6 Å². The molecule has 72 valence electrons. The van der Waals surface area contributed by atoms with Gasteiger partial charge in [-0.05, 0) is 24.5 Å². The van der Waals surface area contributed by atoms with Crippen molar-refractivity contribution in [1.29, 1.82) is 0 Å². The average molecular weight is 200 g/mol. The third-order valence-electron chi connectivity index (χ3n) is 1.62. The summed E-state index contributed by atoms with van der Waals surface area (Å²) in [5.74, 6) is -0.0385. The maximum Gasteiger partial charge on any atom is 0.266 e. The first-order valence-corrected chi connectivity index (χ1v) is 4.76.